The Hall–Kier alpha value is -1.57. The molecule has 1 saturated carbocycles. The molecule has 21 heavy (non-hydrogen) atoms. The van der Waals surface area contributed by atoms with Gasteiger partial charge in [-0.25, -0.2) is 4.39 Å². The lowest BCUT2D eigenvalue weighted by Gasteiger charge is -2.39. The van der Waals surface area contributed by atoms with Crippen molar-refractivity contribution in [3.8, 4) is 5.75 Å². The maximum Gasteiger partial charge on any atom is 0.142 e. The highest BCUT2D eigenvalue weighted by atomic mass is 19.1. The van der Waals surface area contributed by atoms with E-state index in [4.69, 9.17) is 0 Å². The first kappa shape index (κ1) is 14.4. The molecule has 2 aromatic rings. The Morgan fingerprint density at radius 1 is 1.19 bits per heavy atom. The van der Waals surface area contributed by atoms with Gasteiger partial charge in [0.25, 0.3) is 0 Å². The SMILES string of the molecule is CCCC1CCCCC1(F)c1c(O)ccc2ccccc12. The normalized spacial score (nSPS) is 26.1. The highest BCUT2D eigenvalue weighted by Gasteiger charge is 2.44. The van der Waals surface area contributed by atoms with E-state index in [1.165, 1.54) is 0 Å². The van der Waals surface area contributed by atoms with Crippen LogP contribution in [-0.4, -0.2) is 5.11 Å². The number of halogens is 1. The highest BCUT2D eigenvalue weighted by molar-refractivity contribution is 5.88. The maximum atomic E-state index is 16.0. The zero-order chi connectivity index (χ0) is 14.9. The van der Waals surface area contributed by atoms with Gasteiger partial charge in [0, 0.05) is 5.56 Å². The van der Waals surface area contributed by atoms with E-state index in [-0.39, 0.29) is 11.7 Å². The van der Waals surface area contributed by atoms with Gasteiger partial charge >= 0.3 is 0 Å². The number of rotatable bonds is 3. The van der Waals surface area contributed by atoms with Crippen LogP contribution in [0, 0.1) is 5.92 Å². The van der Waals surface area contributed by atoms with Crippen molar-refractivity contribution in [3.05, 3.63) is 42.0 Å². The van der Waals surface area contributed by atoms with Gasteiger partial charge in [-0.15, -0.1) is 0 Å². The molecule has 2 atom stereocenters. The Kier molecular flexibility index (Phi) is 3.88. The predicted octanol–water partition coefficient (Wildman–Crippen LogP) is 5.70. The van der Waals surface area contributed by atoms with E-state index in [1.54, 1.807) is 6.07 Å². The van der Waals surface area contributed by atoms with Gasteiger partial charge in [-0.05, 0) is 48.4 Å². The average Bonchev–Trinajstić information content (AvgIpc) is 2.49. The first-order valence-electron chi connectivity index (χ1n) is 8.07. The minimum atomic E-state index is -1.39. The van der Waals surface area contributed by atoms with Crippen molar-refractivity contribution in [2.45, 2.75) is 51.1 Å². The fourth-order valence-electron chi connectivity index (χ4n) is 3.95. The van der Waals surface area contributed by atoms with Crippen LogP contribution in [0.3, 0.4) is 0 Å². The largest absolute Gasteiger partial charge is 0.508 e. The van der Waals surface area contributed by atoms with Crippen molar-refractivity contribution in [1.29, 1.82) is 0 Å². The van der Waals surface area contributed by atoms with Crippen LogP contribution in [0.4, 0.5) is 4.39 Å². The Balaban J connectivity index is 2.19. The third-order valence-electron chi connectivity index (χ3n) is 4.95. The molecule has 0 heterocycles. The van der Waals surface area contributed by atoms with E-state index in [0.29, 0.717) is 12.0 Å². The summed E-state index contributed by atoms with van der Waals surface area (Å²) in [6.45, 7) is 2.11. The molecule has 2 heteroatoms. The van der Waals surface area contributed by atoms with Crippen LogP contribution in [-0.2, 0) is 5.67 Å². The standard InChI is InChI=1S/C19H23FO/c1-2-7-15-9-5-6-13-19(15,20)18-16-10-4-3-8-14(16)11-12-17(18)21/h3-4,8,10-12,15,21H,2,5-7,9,13H2,1H3. The zero-order valence-electron chi connectivity index (χ0n) is 12.6. The fraction of sp³-hybridized carbons (Fsp3) is 0.474. The van der Waals surface area contributed by atoms with E-state index < -0.39 is 5.67 Å². The summed E-state index contributed by atoms with van der Waals surface area (Å²) in [5.41, 5.74) is -0.863. The second kappa shape index (κ2) is 5.67. The smallest absolute Gasteiger partial charge is 0.142 e. The summed E-state index contributed by atoms with van der Waals surface area (Å²) >= 11 is 0. The van der Waals surface area contributed by atoms with Crippen LogP contribution < -0.4 is 0 Å². The second-order valence-corrected chi connectivity index (χ2v) is 6.27. The van der Waals surface area contributed by atoms with Gasteiger partial charge in [-0.3, -0.25) is 0 Å². The number of phenols is 1. The molecular formula is C19H23FO. The summed E-state index contributed by atoms with van der Waals surface area (Å²) in [5.74, 6) is 0.132. The van der Waals surface area contributed by atoms with E-state index in [0.717, 1.165) is 42.9 Å². The third-order valence-corrected chi connectivity index (χ3v) is 4.95. The maximum absolute atomic E-state index is 16.0. The summed E-state index contributed by atoms with van der Waals surface area (Å²) < 4.78 is 16.0. The molecule has 0 radical (unpaired) electrons. The molecule has 112 valence electrons. The van der Waals surface area contributed by atoms with Gasteiger partial charge in [0.1, 0.15) is 11.4 Å². The average molecular weight is 286 g/mol. The molecule has 0 bridgehead atoms. The van der Waals surface area contributed by atoms with Crippen molar-refractivity contribution in [2.24, 2.45) is 5.92 Å². The quantitative estimate of drug-likeness (QED) is 0.767. The molecule has 1 aliphatic rings. The van der Waals surface area contributed by atoms with E-state index in [9.17, 15) is 5.11 Å². The molecule has 1 nitrogen and oxygen atoms in total. The van der Waals surface area contributed by atoms with Crippen LogP contribution in [0.1, 0.15) is 51.0 Å². The summed E-state index contributed by atoms with van der Waals surface area (Å²) in [5, 5.41) is 12.2. The zero-order valence-corrected chi connectivity index (χ0v) is 12.6. The molecule has 3 rings (SSSR count). The summed E-state index contributed by atoms with van der Waals surface area (Å²) in [4.78, 5) is 0. The van der Waals surface area contributed by atoms with Crippen LogP contribution in [0.2, 0.25) is 0 Å². The van der Waals surface area contributed by atoms with E-state index in [1.807, 2.05) is 30.3 Å². The Morgan fingerprint density at radius 2 is 2.00 bits per heavy atom. The minimum Gasteiger partial charge on any atom is -0.508 e. The first-order chi connectivity index (χ1) is 10.2. The van der Waals surface area contributed by atoms with Crippen LogP contribution >= 0.6 is 0 Å². The minimum absolute atomic E-state index is 0.0213. The van der Waals surface area contributed by atoms with Crippen LogP contribution in [0.25, 0.3) is 10.8 Å². The van der Waals surface area contributed by atoms with Crippen LogP contribution in [0.15, 0.2) is 36.4 Å². The van der Waals surface area contributed by atoms with Gasteiger partial charge in [-0.2, -0.15) is 0 Å². The Bertz CT molecular complexity index is 634. The lowest BCUT2D eigenvalue weighted by Crippen LogP contribution is -2.34. The van der Waals surface area contributed by atoms with Crippen molar-refractivity contribution < 1.29 is 9.50 Å². The molecule has 1 N–H and O–H groups in total. The van der Waals surface area contributed by atoms with Gasteiger partial charge in [0.05, 0.1) is 0 Å². The van der Waals surface area contributed by atoms with E-state index >= 15 is 4.39 Å². The lowest BCUT2D eigenvalue weighted by atomic mass is 9.70. The number of phenolic OH excluding ortho intramolecular Hbond substituents is 1. The Labute approximate surface area is 125 Å². The lowest BCUT2D eigenvalue weighted by molar-refractivity contribution is 0.0281. The molecule has 0 amide bonds. The molecule has 2 aromatic carbocycles. The number of hydrogen-bond donors (Lipinski definition) is 1. The molecular weight excluding hydrogens is 263 g/mol. The number of benzene rings is 2. The van der Waals surface area contributed by atoms with Gasteiger partial charge in [0.15, 0.2) is 0 Å². The fourth-order valence-corrected chi connectivity index (χ4v) is 3.95. The third kappa shape index (κ3) is 2.41. The summed E-state index contributed by atoms with van der Waals surface area (Å²) in [7, 11) is 0. The predicted molar refractivity (Wildman–Crippen MR) is 85.3 cm³/mol. The Morgan fingerprint density at radius 3 is 2.81 bits per heavy atom. The van der Waals surface area contributed by atoms with Crippen molar-refractivity contribution in [3.63, 3.8) is 0 Å². The number of alkyl halides is 1. The molecule has 0 saturated heterocycles. The van der Waals surface area contributed by atoms with Crippen LogP contribution in [0.5, 0.6) is 5.75 Å². The molecule has 0 spiro atoms. The molecule has 1 fully saturated rings. The molecule has 0 aliphatic heterocycles. The highest BCUT2D eigenvalue weighted by Crippen LogP contribution is 2.51. The number of fused-ring (bicyclic) bond motifs is 1. The monoisotopic (exact) mass is 286 g/mol. The number of aromatic hydroxyl groups is 1. The molecule has 1 aliphatic carbocycles. The van der Waals surface area contributed by atoms with Crippen molar-refractivity contribution in [2.75, 3.05) is 0 Å². The topological polar surface area (TPSA) is 20.2 Å². The molecule has 2 unspecified atom stereocenters. The van der Waals surface area contributed by atoms with Crippen molar-refractivity contribution in [1.82, 2.24) is 0 Å². The summed E-state index contributed by atoms with van der Waals surface area (Å²) in [6.07, 6.45) is 5.33. The second-order valence-electron chi connectivity index (χ2n) is 6.27. The molecule has 0 aromatic heterocycles. The first-order valence-corrected chi connectivity index (χ1v) is 8.07. The van der Waals surface area contributed by atoms with Gasteiger partial charge in [-0.1, -0.05) is 50.1 Å². The van der Waals surface area contributed by atoms with Crippen molar-refractivity contribution >= 4 is 10.8 Å². The summed E-state index contributed by atoms with van der Waals surface area (Å²) in [6, 6.07) is 11.3. The van der Waals surface area contributed by atoms with E-state index in [2.05, 4.69) is 6.92 Å². The van der Waals surface area contributed by atoms with Gasteiger partial charge in [0.2, 0.25) is 0 Å². The van der Waals surface area contributed by atoms with Gasteiger partial charge < -0.3 is 5.11 Å². The number of hydrogen-bond acceptors (Lipinski definition) is 1.